The Labute approximate surface area is 143 Å². The van der Waals surface area contributed by atoms with E-state index in [9.17, 15) is 0 Å². The Morgan fingerprint density at radius 3 is 2.33 bits per heavy atom. The first-order valence-corrected chi connectivity index (χ1v) is 7.86. The molecule has 2 heterocycles. The number of anilines is 1. The number of nitrogens with two attached hydrogens (primary N) is 1. The van der Waals surface area contributed by atoms with E-state index in [1.54, 1.807) is 11.6 Å². The van der Waals surface area contributed by atoms with Gasteiger partial charge in [0.2, 0.25) is 0 Å². The average molecular weight is 344 g/mol. The minimum absolute atomic E-state index is 0.0692. The van der Waals surface area contributed by atoms with Crippen LogP contribution in [-0.4, -0.2) is 64.0 Å². The minimum atomic E-state index is 0.0692. The molecular formula is C16H32N4O4. The highest BCUT2D eigenvalue weighted by atomic mass is 16.5. The van der Waals surface area contributed by atoms with Gasteiger partial charge in [0.1, 0.15) is 11.8 Å². The second-order valence-corrected chi connectivity index (χ2v) is 4.18. The zero-order valence-corrected chi connectivity index (χ0v) is 15.3. The molecule has 5 N–H and O–H groups in total. The van der Waals surface area contributed by atoms with Crippen molar-refractivity contribution >= 4 is 11.3 Å². The molecule has 2 aromatic heterocycles. The van der Waals surface area contributed by atoms with Gasteiger partial charge < -0.3 is 25.8 Å². The predicted octanol–water partition coefficient (Wildman–Crippen LogP) is 0.885. The second-order valence-electron chi connectivity index (χ2n) is 4.18. The minimum Gasteiger partial charge on any atom is -0.400 e. The molecular weight excluding hydrogens is 312 g/mol. The number of ether oxygens (including phenoxy) is 1. The van der Waals surface area contributed by atoms with Crippen LogP contribution in [0.1, 0.15) is 32.4 Å². The van der Waals surface area contributed by atoms with Gasteiger partial charge in [-0.05, 0) is 31.4 Å². The predicted molar refractivity (Wildman–Crippen MR) is 95.9 cm³/mol. The molecule has 0 saturated carbocycles. The lowest BCUT2D eigenvalue weighted by Gasteiger charge is -2.13. The number of aliphatic hydroxyl groups excluding tert-OH is 3. The Hall–Kier alpha value is -1.74. The quantitative estimate of drug-likeness (QED) is 0.613. The van der Waals surface area contributed by atoms with Crippen molar-refractivity contribution in [3.8, 4) is 0 Å². The SMILES string of the molecule is CC.CO.CO.COC(CCO)CCc1ccc2c(N)ncnn12. The number of rotatable bonds is 6. The third kappa shape index (κ3) is 7.69. The fourth-order valence-electron chi connectivity index (χ4n) is 2.03. The lowest BCUT2D eigenvalue weighted by molar-refractivity contribution is 0.0711. The van der Waals surface area contributed by atoms with E-state index in [0.29, 0.717) is 12.2 Å². The number of methoxy groups -OCH3 is 1. The van der Waals surface area contributed by atoms with Gasteiger partial charge in [-0.1, -0.05) is 13.8 Å². The summed E-state index contributed by atoms with van der Waals surface area (Å²) >= 11 is 0. The fraction of sp³-hybridized carbons (Fsp3) is 0.625. The molecule has 140 valence electrons. The lowest BCUT2D eigenvalue weighted by atomic mass is 10.1. The van der Waals surface area contributed by atoms with E-state index < -0.39 is 0 Å². The monoisotopic (exact) mass is 344 g/mol. The van der Waals surface area contributed by atoms with Crippen LogP contribution >= 0.6 is 0 Å². The summed E-state index contributed by atoms with van der Waals surface area (Å²) in [5.41, 5.74) is 7.66. The topological polar surface area (TPSA) is 126 Å². The molecule has 1 unspecified atom stereocenters. The molecule has 24 heavy (non-hydrogen) atoms. The molecule has 1 atom stereocenters. The molecule has 0 aliphatic heterocycles. The number of hydrogen-bond donors (Lipinski definition) is 4. The Balaban J connectivity index is 0. The van der Waals surface area contributed by atoms with Crippen LogP contribution < -0.4 is 5.73 Å². The summed E-state index contributed by atoms with van der Waals surface area (Å²) in [7, 11) is 3.66. The molecule has 0 bridgehead atoms. The largest absolute Gasteiger partial charge is 0.400 e. The standard InChI is InChI=1S/C12H18N4O2.C2H6.2CH4O/c1-18-10(6-7-17)4-2-9-3-5-11-12(13)14-8-15-16(9)11;3*1-2/h3,5,8,10,17H,2,4,6-7H2,1H3,(H2,13,14,15);1-2H3;2*2H,1H3. The lowest BCUT2D eigenvalue weighted by Crippen LogP contribution is -2.14. The molecule has 0 radical (unpaired) electrons. The first-order chi connectivity index (χ1) is 11.8. The van der Waals surface area contributed by atoms with E-state index in [0.717, 1.165) is 38.3 Å². The second kappa shape index (κ2) is 16.1. The maximum Gasteiger partial charge on any atom is 0.151 e. The first kappa shape index (κ1) is 24.5. The fourth-order valence-corrected chi connectivity index (χ4v) is 2.03. The van der Waals surface area contributed by atoms with E-state index in [1.165, 1.54) is 6.33 Å². The molecule has 0 saturated heterocycles. The van der Waals surface area contributed by atoms with Gasteiger partial charge in [-0.25, -0.2) is 9.50 Å². The summed E-state index contributed by atoms with van der Waals surface area (Å²) in [5, 5.41) is 27.1. The number of aryl methyl sites for hydroxylation is 1. The van der Waals surface area contributed by atoms with Crippen molar-refractivity contribution in [3.63, 3.8) is 0 Å². The Morgan fingerprint density at radius 2 is 1.79 bits per heavy atom. The third-order valence-electron chi connectivity index (χ3n) is 3.07. The molecule has 2 rings (SSSR count). The van der Waals surface area contributed by atoms with E-state index in [-0.39, 0.29) is 12.7 Å². The number of hydrogen-bond acceptors (Lipinski definition) is 7. The zero-order chi connectivity index (χ0) is 19.0. The normalized spacial score (nSPS) is 10.5. The van der Waals surface area contributed by atoms with Gasteiger partial charge in [0.05, 0.1) is 6.10 Å². The Morgan fingerprint density at radius 1 is 1.17 bits per heavy atom. The van der Waals surface area contributed by atoms with Gasteiger partial charge in [0.25, 0.3) is 0 Å². The van der Waals surface area contributed by atoms with E-state index in [1.807, 2.05) is 26.0 Å². The molecule has 0 spiro atoms. The van der Waals surface area contributed by atoms with Crippen LogP contribution in [0, 0.1) is 0 Å². The average Bonchev–Trinajstić information content (AvgIpc) is 3.08. The van der Waals surface area contributed by atoms with Crippen LogP contribution in [0.15, 0.2) is 18.5 Å². The molecule has 8 nitrogen and oxygen atoms in total. The van der Waals surface area contributed by atoms with E-state index in [4.69, 9.17) is 25.8 Å². The maximum atomic E-state index is 8.91. The summed E-state index contributed by atoms with van der Waals surface area (Å²) in [6.07, 6.45) is 3.83. The molecule has 0 aliphatic rings. The van der Waals surface area contributed by atoms with Crippen molar-refractivity contribution < 1.29 is 20.1 Å². The Kier molecular flexibility index (Phi) is 16.5. The van der Waals surface area contributed by atoms with Crippen molar-refractivity contribution in [1.82, 2.24) is 14.6 Å². The summed E-state index contributed by atoms with van der Waals surface area (Å²) < 4.78 is 7.10. The smallest absolute Gasteiger partial charge is 0.151 e. The number of aromatic nitrogens is 3. The van der Waals surface area contributed by atoms with Gasteiger partial charge >= 0.3 is 0 Å². The van der Waals surface area contributed by atoms with Crippen LogP contribution in [0.5, 0.6) is 0 Å². The maximum absolute atomic E-state index is 8.91. The van der Waals surface area contributed by atoms with Crippen LogP contribution in [-0.2, 0) is 11.2 Å². The summed E-state index contributed by atoms with van der Waals surface area (Å²) in [5.74, 6) is 0.481. The number of fused-ring (bicyclic) bond motifs is 1. The molecule has 8 heteroatoms. The highest BCUT2D eigenvalue weighted by molar-refractivity contribution is 5.65. The number of aliphatic hydroxyl groups is 3. The number of nitrogens with zero attached hydrogens (tertiary/aromatic N) is 3. The van der Waals surface area contributed by atoms with Crippen molar-refractivity contribution in [2.45, 2.75) is 39.2 Å². The zero-order valence-electron chi connectivity index (χ0n) is 15.3. The molecule has 0 amide bonds. The highest BCUT2D eigenvalue weighted by Crippen LogP contribution is 2.16. The van der Waals surface area contributed by atoms with Crippen LogP contribution in [0.25, 0.3) is 5.52 Å². The summed E-state index contributed by atoms with van der Waals surface area (Å²) in [6.45, 7) is 4.14. The molecule has 0 aromatic carbocycles. The van der Waals surface area contributed by atoms with E-state index >= 15 is 0 Å². The van der Waals surface area contributed by atoms with Gasteiger partial charge in [0, 0.05) is 33.6 Å². The van der Waals surface area contributed by atoms with Crippen molar-refractivity contribution in [2.24, 2.45) is 0 Å². The Bertz CT molecular complexity index is 520. The van der Waals surface area contributed by atoms with Gasteiger partial charge in [0.15, 0.2) is 5.82 Å². The molecule has 2 aromatic rings. The van der Waals surface area contributed by atoms with Crippen LogP contribution in [0.2, 0.25) is 0 Å². The van der Waals surface area contributed by atoms with Gasteiger partial charge in [-0.15, -0.1) is 0 Å². The van der Waals surface area contributed by atoms with Gasteiger partial charge in [-0.2, -0.15) is 5.10 Å². The molecule has 0 aliphatic carbocycles. The van der Waals surface area contributed by atoms with E-state index in [2.05, 4.69) is 10.1 Å². The van der Waals surface area contributed by atoms with Crippen molar-refractivity contribution in [2.75, 3.05) is 33.7 Å². The molecule has 0 fully saturated rings. The van der Waals surface area contributed by atoms with Crippen molar-refractivity contribution in [3.05, 3.63) is 24.2 Å². The summed E-state index contributed by atoms with van der Waals surface area (Å²) in [4.78, 5) is 3.95. The summed E-state index contributed by atoms with van der Waals surface area (Å²) in [6, 6.07) is 3.91. The van der Waals surface area contributed by atoms with Gasteiger partial charge in [-0.3, -0.25) is 0 Å². The van der Waals surface area contributed by atoms with Crippen molar-refractivity contribution in [1.29, 1.82) is 0 Å². The number of nitrogen functional groups attached to an aromatic ring is 1. The first-order valence-electron chi connectivity index (χ1n) is 7.86. The van der Waals surface area contributed by atoms with Crippen LogP contribution in [0.4, 0.5) is 5.82 Å². The highest BCUT2D eigenvalue weighted by Gasteiger charge is 2.10. The van der Waals surface area contributed by atoms with Crippen LogP contribution in [0.3, 0.4) is 0 Å². The third-order valence-corrected chi connectivity index (χ3v) is 3.07.